The lowest BCUT2D eigenvalue weighted by Crippen LogP contribution is -2.14. The second-order valence-corrected chi connectivity index (χ2v) is 5.30. The van der Waals surface area contributed by atoms with Crippen LogP contribution >= 0.6 is 11.6 Å². The van der Waals surface area contributed by atoms with Gasteiger partial charge in [-0.3, -0.25) is 0 Å². The van der Waals surface area contributed by atoms with Gasteiger partial charge >= 0.3 is 0 Å². The molecule has 2 aliphatic rings. The minimum Gasteiger partial charge on any atom is -0.372 e. The lowest BCUT2D eigenvalue weighted by atomic mass is 9.86. The van der Waals surface area contributed by atoms with E-state index in [2.05, 4.69) is 11.1 Å². The number of nitriles is 1. The molecule has 0 radical (unpaired) electrons. The van der Waals surface area contributed by atoms with Crippen molar-refractivity contribution in [2.45, 2.75) is 44.6 Å². The van der Waals surface area contributed by atoms with Crippen LogP contribution in [0.4, 0.5) is 0 Å². The average molecular weight is 263 g/mol. The molecule has 0 aromatic carbocycles. The highest BCUT2D eigenvalue weighted by Gasteiger charge is 2.28. The molecule has 1 aliphatic carbocycles. The van der Waals surface area contributed by atoms with Crippen molar-refractivity contribution < 1.29 is 4.74 Å². The van der Waals surface area contributed by atoms with Gasteiger partial charge in [-0.25, -0.2) is 4.98 Å². The predicted octanol–water partition coefficient (Wildman–Crippen LogP) is 3.34. The summed E-state index contributed by atoms with van der Waals surface area (Å²) in [4.78, 5) is 4.46. The minimum atomic E-state index is 0.0853. The van der Waals surface area contributed by atoms with Crippen LogP contribution in [0.15, 0.2) is 0 Å². The molecule has 0 N–H and O–H groups in total. The Hall–Kier alpha value is -1.11. The molecule has 1 aromatic heterocycles. The van der Waals surface area contributed by atoms with Crippen LogP contribution in [0.5, 0.6) is 0 Å². The van der Waals surface area contributed by atoms with E-state index in [0.29, 0.717) is 10.7 Å². The van der Waals surface area contributed by atoms with E-state index in [0.717, 1.165) is 50.0 Å². The van der Waals surface area contributed by atoms with Crippen LogP contribution in [0.25, 0.3) is 0 Å². The van der Waals surface area contributed by atoms with Crippen molar-refractivity contribution in [3.8, 4) is 6.07 Å². The van der Waals surface area contributed by atoms with Gasteiger partial charge in [0.2, 0.25) is 0 Å². The molecule has 1 aliphatic heterocycles. The molecule has 94 valence electrons. The van der Waals surface area contributed by atoms with Crippen molar-refractivity contribution in [1.82, 2.24) is 4.98 Å². The second-order valence-electron chi connectivity index (χ2n) is 4.94. The first-order valence-electron chi connectivity index (χ1n) is 6.54. The van der Waals surface area contributed by atoms with Crippen LogP contribution in [0.1, 0.15) is 54.2 Å². The lowest BCUT2D eigenvalue weighted by Gasteiger charge is -2.23. The van der Waals surface area contributed by atoms with Gasteiger partial charge in [-0.2, -0.15) is 5.26 Å². The number of rotatable bonds is 1. The van der Waals surface area contributed by atoms with Crippen LogP contribution in [0.3, 0.4) is 0 Å². The number of aromatic nitrogens is 1. The zero-order chi connectivity index (χ0) is 12.5. The Morgan fingerprint density at radius 1 is 1.22 bits per heavy atom. The van der Waals surface area contributed by atoms with Gasteiger partial charge in [-0.1, -0.05) is 11.6 Å². The van der Waals surface area contributed by atoms with Crippen molar-refractivity contribution in [2.75, 3.05) is 6.61 Å². The molecular formula is C14H15ClN2O. The number of ether oxygens (including phenoxy) is 1. The zero-order valence-corrected chi connectivity index (χ0v) is 11.0. The molecule has 0 saturated carbocycles. The highest BCUT2D eigenvalue weighted by Crippen LogP contribution is 2.37. The van der Waals surface area contributed by atoms with E-state index in [1.807, 2.05) is 0 Å². The van der Waals surface area contributed by atoms with E-state index < -0.39 is 0 Å². The van der Waals surface area contributed by atoms with Gasteiger partial charge in [0.1, 0.15) is 11.2 Å². The largest absolute Gasteiger partial charge is 0.372 e. The fourth-order valence-corrected chi connectivity index (χ4v) is 3.24. The van der Waals surface area contributed by atoms with E-state index in [9.17, 15) is 5.26 Å². The van der Waals surface area contributed by atoms with E-state index in [1.54, 1.807) is 0 Å². The first-order chi connectivity index (χ1) is 8.81. The van der Waals surface area contributed by atoms with Crippen molar-refractivity contribution in [3.63, 3.8) is 0 Å². The van der Waals surface area contributed by atoms with E-state index in [1.165, 1.54) is 12.0 Å². The molecular weight excluding hydrogens is 248 g/mol. The first-order valence-corrected chi connectivity index (χ1v) is 6.92. The molecule has 1 saturated heterocycles. The maximum absolute atomic E-state index is 9.22. The van der Waals surface area contributed by atoms with Gasteiger partial charge in [0.05, 0.1) is 17.4 Å². The summed E-state index contributed by atoms with van der Waals surface area (Å²) < 4.78 is 5.73. The van der Waals surface area contributed by atoms with Crippen molar-refractivity contribution in [1.29, 1.82) is 5.26 Å². The SMILES string of the molecule is N#Cc1c(Cl)nc([C@@H]2CCCO2)c2c1CCCC2. The fourth-order valence-electron chi connectivity index (χ4n) is 2.99. The standard InChI is InChI=1S/C14H15ClN2O/c15-14-11(8-16)9-4-1-2-5-10(9)13(17-14)12-6-3-7-18-12/h12H,1-7H2/t12-/m0/s1. The van der Waals surface area contributed by atoms with Crippen molar-refractivity contribution >= 4 is 11.6 Å². The summed E-state index contributed by atoms with van der Waals surface area (Å²) >= 11 is 6.16. The van der Waals surface area contributed by atoms with Gasteiger partial charge in [0.15, 0.2) is 0 Å². The highest BCUT2D eigenvalue weighted by atomic mass is 35.5. The smallest absolute Gasteiger partial charge is 0.147 e. The Bertz CT molecular complexity index is 516. The number of hydrogen-bond donors (Lipinski definition) is 0. The second kappa shape index (κ2) is 4.87. The van der Waals surface area contributed by atoms with Crippen LogP contribution < -0.4 is 0 Å². The van der Waals surface area contributed by atoms with E-state index in [-0.39, 0.29) is 6.10 Å². The molecule has 0 amide bonds. The number of hydrogen-bond acceptors (Lipinski definition) is 3. The monoisotopic (exact) mass is 262 g/mol. The third-order valence-electron chi connectivity index (χ3n) is 3.85. The summed E-state index contributed by atoms with van der Waals surface area (Å²) in [7, 11) is 0. The zero-order valence-electron chi connectivity index (χ0n) is 10.2. The van der Waals surface area contributed by atoms with E-state index in [4.69, 9.17) is 16.3 Å². The van der Waals surface area contributed by atoms with Gasteiger partial charge < -0.3 is 4.74 Å². The Labute approximate surface area is 112 Å². The lowest BCUT2D eigenvalue weighted by molar-refractivity contribution is 0.107. The quantitative estimate of drug-likeness (QED) is 0.729. The topological polar surface area (TPSA) is 45.9 Å². The van der Waals surface area contributed by atoms with Crippen molar-refractivity contribution in [3.05, 3.63) is 27.5 Å². The predicted molar refractivity (Wildman–Crippen MR) is 68.5 cm³/mol. The normalized spacial score (nSPS) is 22.6. The summed E-state index contributed by atoms with van der Waals surface area (Å²) in [6.45, 7) is 0.804. The molecule has 3 rings (SSSR count). The maximum atomic E-state index is 9.22. The summed E-state index contributed by atoms with van der Waals surface area (Å²) in [5, 5.41) is 9.58. The van der Waals surface area contributed by atoms with Crippen LogP contribution in [0, 0.1) is 11.3 Å². The molecule has 0 bridgehead atoms. The molecule has 1 aromatic rings. The molecule has 1 atom stereocenters. The first kappa shape index (κ1) is 12.0. The summed E-state index contributed by atoms with van der Waals surface area (Å²) in [6.07, 6.45) is 6.43. The van der Waals surface area contributed by atoms with Gasteiger partial charge in [-0.15, -0.1) is 0 Å². The molecule has 3 nitrogen and oxygen atoms in total. The van der Waals surface area contributed by atoms with Crippen LogP contribution in [-0.2, 0) is 17.6 Å². The summed E-state index contributed by atoms with van der Waals surface area (Å²) in [5.74, 6) is 0. The molecule has 0 spiro atoms. The number of halogens is 1. The molecule has 18 heavy (non-hydrogen) atoms. The number of nitrogens with zero attached hydrogens (tertiary/aromatic N) is 2. The molecule has 0 unspecified atom stereocenters. The Kier molecular flexibility index (Phi) is 3.23. The Balaban J connectivity index is 2.14. The summed E-state index contributed by atoms with van der Waals surface area (Å²) in [5.41, 5.74) is 3.92. The van der Waals surface area contributed by atoms with Crippen molar-refractivity contribution in [2.24, 2.45) is 0 Å². The van der Waals surface area contributed by atoms with Gasteiger partial charge in [-0.05, 0) is 49.7 Å². The maximum Gasteiger partial charge on any atom is 0.147 e. The van der Waals surface area contributed by atoms with E-state index >= 15 is 0 Å². The Morgan fingerprint density at radius 3 is 2.67 bits per heavy atom. The number of pyridine rings is 1. The number of fused-ring (bicyclic) bond motifs is 1. The van der Waals surface area contributed by atoms with Gasteiger partial charge in [0, 0.05) is 6.61 Å². The minimum absolute atomic E-state index is 0.0853. The average Bonchev–Trinajstić information content (AvgIpc) is 2.91. The van der Waals surface area contributed by atoms with Gasteiger partial charge in [0.25, 0.3) is 0 Å². The third-order valence-corrected chi connectivity index (χ3v) is 4.12. The molecule has 4 heteroatoms. The molecule has 1 fully saturated rings. The Morgan fingerprint density at radius 2 is 2.00 bits per heavy atom. The fraction of sp³-hybridized carbons (Fsp3) is 0.571. The van der Waals surface area contributed by atoms with Crippen LogP contribution in [0.2, 0.25) is 5.15 Å². The molecule has 2 heterocycles. The highest BCUT2D eigenvalue weighted by molar-refractivity contribution is 6.30. The third kappa shape index (κ3) is 1.90. The summed E-state index contributed by atoms with van der Waals surface area (Å²) in [6, 6.07) is 2.21. The van der Waals surface area contributed by atoms with Crippen LogP contribution in [-0.4, -0.2) is 11.6 Å².